The average molecular weight is 274 g/mol. The van der Waals surface area contributed by atoms with Crippen LogP contribution in [0.4, 0.5) is 0 Å². The number of nitrogens with one attached hydrogen (secondary N) is 2. The summed E-state index contributed by atoms with van der Waals surface area (Å²) >= 11 is 0. The van der Waals surface area contributed by atoms with Crippen molar-refractivity contribution in [3.05, 3.63) is 0 Å². The van der Waals surface area contributed by atoms with E-state index in [0.717, 1.165) is 6.42 Å². The minimum Gasteiger partial charge on any atom is -0.480 e. The summed E-state index contributed by atoms with van der Waals surface area (Å²) in [6.45, 7) is 8.39. The molecule has 0 aromatic carbocycles. The molecule has 6 heteroatoms. The molecule has 0 rings (SSSR count). The number of ether oxygens (including phenoxy) is 1. The molecule has 112 valence electrons. The van der Waals surface area contributed by atoms with E-state index in [0.29, 0.717) is 19.6 Å². The molecule has 6 nitrogen and oxygen atoms in total. The lowest BCUT2D eigenvalue weighted by Crippen LogP contribution is -2.52. The van der Waals surface area contributed by atoms with Gasteiger partial charge in [-0.3, -0.25) is 14.9 Å². The molecule has 1 unspecified atom stereocenters. The molecule has 0 saturated carbocycles. The van der Waals surface area contributed by atoms with E-state index in [9.17, 15) is 9.59 Å². The van der Waals surface area contributed by atoms with Crippen molar-refractivity contribution < 1.29 is 19.4 Å². The molecule has 3 N–H and O–H groups in total. The van der Waals surface area contributed by atoms with Gasteiger partial charge in [0.25, 0.3) is 0 Å². The van der Waals surface area contributed by atoms with Crippen LogP contribution in [0.2, 0.25) is 0 Å². The summed E-state index contributed by atoms with van der Waals surface area (Å²) in [5.74, 6) is -1.15. The molecule has 0 heterocycles. The van der Waals surface area contributed by atoms with Crippen LogP contribution in [-0.4, -0.2) is 48.3 Å². The normalized spacial score (nSPS) is 14.2. The van der Waals surface area contributed by atoms with Crippen LogP contribution in [0.15, 0.2) is 0 Å². The Morgan fingerprint density at radius 3 is 2.47 bits per heavy atom. The smallest absolute Gasteiger partial charge is 0.323 e. The number of carbonyl (C=O) groups excluding carboxylic acids is 1. The average Bonchev–Trinajstić information content (AvgIpc) is 2.34. The molecule has 0 aliphatic carbocycles. The Bertz CT molecular complexity index is 294. The predicted octanol–water partition coefficient (Wildman–Crippen LogP) is 0.761. The highest BCUT2D eigenvalue weighted by Crippen LogP contribution is 2.08. The molecule has 0 aliphatic rings. The first kappa shape index (κ1) is 17.9. The van der Waals surface area contributed by atoms with Crippen molar-refractivity contribution in [3.63, 3.8) is 0 Å². The summed E-state index contributed by atoms with van der Waals surface area (Å²) in [6, 6.07) is 0. The quantitative estimate of drug-likeness (QED) is 0.512. The first-order chi connectivity index (χ1) is 8.81. The SMILES string of the molecule is CCC(C)(NCC(=O)NCCCOC(C)C)C(=O)O. The van der Waals surface area contributed by atoms with Gasteiger partial charge in [0, 0.05) is 13.2 Å². The summed E-state index contributed by atoms with van der Waals surface area (Å²) in [5.41, 5.74) is -1.06. The summed E-state index contributed by atoms with van der Waals surface area (Å²) in [5, 5.41) is 14.5. The molecule has 0 fully saturated rings. The second-order valence-electron chi connectivity index (χ2n) is 4.97. The monoisotopic (exact) mass is 274 g/mol. The van der Waals surface area contributed by atoms with Gasteiger partial charge in [0.1, 0.15) is 5.54 Å². The molecule has 0 aliphatic heterocycles. The van der Waals surface area contributed by atoms with E-state index in [-0.39, 0.29) is 18.6 Å². The Hall–Kier alpha value is -1.14. The van der Waals surface area contributed by atoms with Crippen molar-refractivity contribution in [2.24, 2.45) is 0 Å². The first-order valence-electron chi connectivity index (χ1n) is 6.68. The molecule has 1 atom stereocenters. The first-order valence-corrected chi connectivity index (χ1v) is 6.68. The number of carbonyl (C=O) groups is 2. The highest BCUT2D eigenvalue weighted by atomic mass is 16.5. The lowest BCUT2D eigenvalue weighted by atomic mass is 9.99. The van der Waals surface area contributed by atoms with E-state index in [1.165, 1.54) is 0 Å². The number of hydrogen-bond acceptors (Lipinski definition) is 4. The Labute approximate surface area is 114 Å². The number of carboxylic acids is 1. The summed E-state index contributed by atoms with van der Waals surface area (Å²) < 4.78 is 5.34. The zero-order chi connectivity index (χ0) is 14.9. The molecule has 0 saturated heterocycles. The zero-order valence-electron chi connectivity index (χ0n) is 12.3. The van der Waals surface area contributed by atoms with Crippen LogP contribution >= 0.6 is 0 Å². The fourth-order valence-corrected chi connectivity index (χ4v) is 1.31. The number of aliphatic carboxylic acids is 1. The van der Waals surface area contributed by atoms with Crippen molar-refractivity contribution in [2.45, 2.75) is 52.2 Å². The van der Waals surface area contributed by atoms with Crippen LogP contribution in [0, 0.1) is 0 Å². The van der Waals surface area contributed by atoms with Crippen molar-refractivity contribution in [3.8, 4) is 0 Å². The number of amides is 1. The molecule has 19 heavy (non-hydrogen) atoms. The Balaban J connectivity index is 3.78. The number of hydrogen-bond donors (Lipinski definition) is 3. The maximum absolute atomic E-state index is 11.5. The minimum atomic E-state index is -1.06. The van der Waals surface area contributed by atoms with Crippen LogP contribution in [0.25, 0.3) is 0 Å². The van der Waals surface area contributed by atoms with Gasteiger partial charge in [-0.15, -0.1) is 0 Å². The van der Waals surface area contributed by atoms with Crippen molar-refractivity contribution >= 4 is 11.9 Å². The van der Waals surface area contributed by atoms with Crippen molar-refractivity contribution in [2.75, 3.05) is 19.7 Å². The van der Waals surface area contributed by atoms with Crippen LogP contribution in [-0.2, 0) is 14.3 Å². The van der Waals surface area contributed by atoms with Crippen LogP contribution < -0.4 is 10.6 Å². The van der Waals surface area contributed by atoms with Crippen molar-refractivity contribution in [1.82, 2.24) is 10.6 Å². The van der Waals surface area contributed by atoms with Gasteiger partial charge in [0.05, 0.1) is 12.6 Å². The Kier molecular flexibility index (Phi) is 8.34. The van der Waals surface area contributed by atoms with Crippen LogP contribution in [0.5, 0.6) is 0 Å². The maximum Gasteiger partial charge on any atom is 0.323 e. The van der Waals surface area contributed by atoms with Gasteiger partial charge in [-0.25, -0.2) is 0 Å². The molecule has 0 aromatic heterocycles. The summed E-state index contributed by atoms with van der Waals surface area (Å²) in [6.07, 6.45) is 1.35. The fourth-order valence-electron chi connectivity index (χ4n) is 1.31. The molecule has 1 amide bonds. The predicted molar refractivity (Wildman–Crippen MR) is 73.0 cm³/mol. The molecular weight excluding hydrogens is 248 g/mol. The van der Waals surface area contributed by atoms with Gasteiger partial charge in [-0.2, -0.15) is 0 Å². The largest absolute Gasteiger partial charge is 0.480 e. The minimum absolute atomic E-state index is 0.00166. The molecule has 0 aromatic rings. The van der Waals surface area contributed by atoms with Gasteiger partial charge in [0.2, 0.25) is 5.91 Å². The second kappa shape index (κ2) is 8.87. The standard InChI is InChI=1S/C13H26N2O4/c1-5-13(4,12(17)18)15-9-11(16)14-7-6-8-19-10(2)3/h10,15H,5-9H2,1-4H3,(H,14,16)(H,17,18). The second-order valence-corrected chi connectivity index (χ2v) is 4.97. The van der Waals surface area contributed by atoms with E-state index < -0.39 is 11.5 Å². The van der Waals surface area contributed by atoms with Crippen molar-refractivity contribution in [1.29, 1.82) is 0 Å². The lowest BCUT2D eigenvalue weighted by Gasteiger charge is -2.24. The Morgan fingerprint density at radius 2 is 2.00 bits per heavy atom. The summed E-state index contributed by atoms with van der Waals surface area (Å²) in [4.78, 5) is 22.5. The maximum atomic E-state index is 11.5. The van der Waals surface area contributed by atoms with Gasteiger partial charge in [-0.1, -0.05) is 6.92 Å². The van der Waals surface area contributed by atoms with E-state index >= 15 is 0 Å². The van der Waals surface area contributed by atoms with E-state index in [4.69, 9.17) is 9.84 Å². The summed E-state index contributed by atoms with van der Waals surface area (Å²) in [7, 11) is 0. The number of rotatable bonds is 10. The number of carboxylic acid groups (broad SMARTS) is 1. The van der Waals surface area contributed by atoms with E-state index in [1.54, 1.807) is 13.8 Å². The highest BCUT2D eigenvalue weighted by Gasteiger charge is 2.30. The molecule has 0 radical (unpaired) electrons. The molecule has 0 bridgehead atoms. The topological polar surface area (TPSA) is 87.7 Å². The van der Waals surface area contributed by atoms with Gasteiger partial charge in [0.15, 0.2) is 0 Å². The third kappa shape index (κ3) is 7.79. The third-order valence-electron chi connectivity index (χ3n) is 2.91. The van der Waals surface area contributed by atoms with Gasteiger partial charge >= 0.3 is 5.97 Å². The Morgan fingerprint density at radius 1 is 1.37 bits per heavy atom. The van der Waals surface area contributed by atoms with Gasteiger partial charge < -0.3 is 15.2 Å². The van der Waals surface area contributed by atoms with E-state index in [2.05, 4.69) is 10.6 Å². The lowest BCUT2D eigenvalue weighted by molar-refractivity contribution is -0.144. The van der Waals surface area contributed by atoms with E-state index in [1.807, 2.05) is 13.8 Å². The van der Waals surface area contributed by atoms with Crippen LogP contribution in [0.3, 0.4) is 0 Å². The molecular formula is C13H26N2O4. The third-order valence-corrected chi connectivity index (χ3v) is 2.91. The fraction of sp³-hybridized carbons (Fsp3) is 0.846. The zero-order valence-corrected chi connectivity index (χ0v) is 12.3. The highest BCUT2D eigenvalue weighted by molar-refractivity contribution is 5.81. The molecule has 0 spiro atoms. The van der Waals surface area contributed by atoms with Crippen LogP contribution in [0.1, 0.15) is 40.5 Å². The van der Waals surface area contributed by atoms with Gasteiger partial charge in [-0.05, 0) is 33.6 Å².